The van der Waals surface area contributed by atoms with Crippen LogP contribution in [0.25, 0.3) is 11.3 Å². The van der Waals surface area contributed by atoms with Crippen LogP contribution in [0.3, 0.4) is 0 Å². The molecule has 17 heteroatoms. The van der Waals surface area contributed by atoms with Crippen LogP contribution in [0.15, 0.2) is 45.3 Å². The van der Waals surface area contributed by atoms with Crippen molar-refractivity contribution >= 4 is 29.1 Å². The fraction of sp³-hybridized carbons (Fsp3) is 0.698. The number of oxime groups is 1. The van der Waals surface area contributed by atoms with Crippen LogP contribution < -0.4 is 0 Å². The van der Waals surface area contributed by atoms with Crippen LogP contribution >= 0.6 is 0 Å². The summed E-state index contributed by atoms with van der Waals surface area (Å²) >= 11 is 0. The molecular formula is C43H63N5O12. The standard InChI is InChI=1S/C43H63N5O12/c1-12-34-43(9,53)39-25(4)35(46-28(7)49)23(2)18-42(8,55-21-31(20-54-39)47-56-22-30-14-13-29(19-44-30)33-15-16-45-60-33)38(26(5)36(50)27(6)40(52)58-34)59-41-37(51)32(48(10)11)17-24(3)57-41/h13-16,19,23-27,32,34,37-39,41,51,53H,12,17-18,20-22H2,1-11H3/b46-35?,47-31+/t23-,24-,25+,26+,27-,32+,34-,37-,38-,39-,41+,42-,43-/m1/s1. The summed E-state index contributed by atoms with van der Waals surface area (Å²) in [6.07, 6.45) is -2.01. The molecule has 60 heavy (non-hydrogen) atoms. The lowest BCUT2D eigenvalue weighted by molar-refractivity contribution is -0.296. The Morgan fingerprint density at radius 3 is 2.42 bits per heavy atom. The first kappa shape index (κ1) is 47.1. The van der Waals surface area contributed by atoms with E-state index in [4.69, 9.17) is 33.0 Å². The van der Waals surface area contributed by atoms with Gasteiger partial charge in [-0.15, -0.1) is 0 Å². The Morgan fingerprint density at radius 1 is 1.07 bits per heavy atom. The Balaban J connectivity index is 1.63. The molecule has 0 radical (unpaired) electrons. The van der Waals surface area contributed by atoms with E-state index in [9.17, 15) is 24.6 Å². The van der Waals surface area contributed by atoms with E-state index in [2.05, 4.69) is 20.3 Å². The van der Waals surface area contributed by atoms with Gasteiger partial charge in [0.25, 0.3) is 0 Å². The van der Waals surface area contributed by atoms with Crippen LogP contribution in [0.4, 0.5) is 0 Å². The van der Waals surface area contributed by atoms with Gasteiger partial charge in [0.2, 0.25) is 5.91 Å². The van der Waals surface area contributed by atoms with Crippen molar-refractivity contribution in [1.82, 2.24) is 15.0 Å². The third kappa shape index (κ3) is 10.7. The molecule has 332 valence electrons. The van der Waals surface area contributed by atoms with E-state index in [1.54, 1.807) is 52.2 Å². The molecule has 2 bridgehead atoms. The van der Waals surface area contributed by atoms with E-state index < -0.39 is 83.2 Å². The molecule has 0 aliphatic carbocycles. The zero-order valence-corrected chi connectivity index (χ0v) is 36.7. The molecule has 0 aromatic carbocycles. The van der Waals surface area contributed by atoms with Crippen molar-refractivity contribution < 1.29 is 57.6 Å². The largest absolute Gasteiger partial charge is 0.459 e. The summed E-state index contributed by atoms with van der Waals surface area (Å²) < 4.78 is 37.6. The summed E-state index contributed by atoms with van der Waals surface area (Å²) in [7, 11) is 3.72. The van der Waals surface area contributed by atoms with Crippen LogP contribution in [0.2, 0.25) is 0 Å². The molecular weight excluding hydrogens is 778 g/mol. The number of nitrogens with zero attached hydrogens (tertiary/aromatic N) is 5. The number of esters is 1. The van der Waals surface area contributed by atoms with Crippen LogP contribution in [0.5, 0.6) is 0 Å². The summed E-state index contributed by atoms with van der Waals surface area (Å²) in [5, 5.41) is 32.3. The minimum absolute atomic E-state index is 0.0212. The van der Waals surface area contributed by atoms with E-state index in [1.165, 1.54) is 20.8 Å². The topological polar surface area (TPSA) is 214 Å². The number of fused-ring (bicyclic) bond motifs is 5. The number of aliphatic hydroxyl groups is 2. The molecule has 5 rings (SSSR count). The summed E-state index contributed by atoms with van der Waals surface area (Å²) in [6, 6.07) is 4.99. The van der Waals surface area contributed by atoms with Gasteiger partial charge in [-0.1, -0.05) is 38.0 Å². The van der Waals surface area contributed by atoms with Crippen LogP contribution in [-0.4, -0.2) is 136 Å². The van der Waals surface area contributed by atoms with Crippen LogP contribution in [0, 0.1) is 23.7 Å². The van der Waals surface area contributed by atoms with Gasteiger partial charge in [0.15, 0.2) is 24.4 Å². The maximum atomic E-state index is 14.5. The smallest absolute Gasteiger partial charge is 0.316 e. The van der Waals surface area contributed by atoms with Crippen LogP contribution in [-0.2, 0) is 49.5 Å². The average molecular weight is 842 g/mol. The summed E-state index contributed by atoms with van der Waals surface area (Å²) in [5.74, 6) is -4.81. The van der Waals surface area contributed by atoms with Crippen molar-refractivity contribution in [2.24, 2.45) is 33.8 Å². The number of likely N-dealkylation sites (N-methyl/N-ethyl adjacent to an activating group) is 1. The van der Waals surface area contributed by atoms with Crippen molar-refractivity contribution in [2.75, 3.05) is 27.3 Å². The minimum Gasteiger partial charge on any atom is -0.459 e. The molecule has 13 atom stereocenters. The van der Waals surface area contributed by atoms with Gasteiger partial charge in [0, 0.05) is 48.3 Å². The number of hydrogen-bond acceptors (Lipinski definition) is 16. The predicted molar refractivity (Wildman–Crippen MR) is 219 cm³/mol. The second kappa shape index (κ2) is 19.8. The van der Waals surface area contributed by atoms with Gasteiger partial charge in [0.1, 0.15) is 29.4 Å². The Kier molecular flexibility index (Phi) is 15.6. The summed E-state index contributed by atoms with van der Waals surface area (Å²) in [6.45, 7) is 14.6. The highest BCUT2D eigenvalue weighted by molar-refractivity contribution is 6.00. The second-order valence-electron chi connectivity index (χ2n) is 17.2. The first-order valence-corrected chi connectivity index (χ1v) is 20.8. The highest BCUT2D eigenvalue weighted by atomic mass is 16.7. The van der Waals surface area contributed by atoms with Gasteiger partial charge in [-0.05, 0) is 79.1 Å². The summed E-state index contributed by atoms with van der Waals surface area (Å²) in [4.78, 5) is 57.9. The average Bonchev–Trinajstić information content (AvgIpc) is 3.74. The van der Waals surface area contributed by atoms with Gasteiger partial charge < -0.3 is 48.2 Å². The Labute approximate surface area is 352 Å². The van der Waals surface area contributed by atoms with Gasteiger partial charge in [0.05, 0.1) is 49.0 Å². The maximum Gasteiger partial charge on any atom is 0.316 e. The number of ether oxygens (including phenoxy) is 5. The molecule has 2 aromatic heterocycles. The molecule has 17 nitrogen and oxygen atoms in total. The Bertz CT molecular complexity index is 1830. The fourth-order valence-electron chi connectivity index (χ4n) is 8.82. The lowest BCUT2D eigenvalue weighted by atomic mass is 9.73. The molecule has 5 heterocycles. The second-order valence-corrected chi connectivity index (χ2v) is 17.2. The lowest BCUT2D eigenvalue weighted by Crippen LogP contribution is -2.60. The number of pyridine rings is 1. The van der Waals surface area contributed by atoms with E-state index >= 15 is 0 Å². The van der Waals surface area contributed by atoms with Crippen molar-refractivity contribution in [3.63, 3.8) is 0 Å². The molecule has 0 unspecified atom stereocenters. The van der Waals surface area contributed by atoms with Crippen molar-refractivity contribution in [3.05, 3.63) is 36.3 Å². The first-order chi connectivity index (χ1) is 28.3. The fourth-order valence-corrected chi connectivity index (χ4v) is 8.82. The third-order valence-electron chi connectivity index (χ3n) is 12.1. The normalized spacial score (nSPS) is 37.6. The maximum absolute atomic E-state index is 14.5. The van der Waals surface area contributed by atoms with Gasteiger partial charge >= 0.3 is 5.97 Å². The molecule has 0 spiro atoms. The number of amides is 1. The number of Topliss-reactive ketones (excluding diaryl/α,β-unsaturated/α-hetero) is 1. The van der Waals surface area contributed by atoms with E-state index in [0.29, 0.717) is 23.6 Å². The molecule has 3 aliphatic heterocycles. The Morgan fingerprint density at radius 2 is 1.80 bits per heavy atom. The van der Waals surface area contributed by atoms with E-state index in [0.717, 1.165) is 5.56 Å². The SMILES string of the molecule is CC[C@H]1OC(=O)[C@H](C)C(=O)[C@H](C)[C@@H](O[C@@H]2O[C@H](C)C[C@H](N(C)C)[C@H]2O)[C@@]2(C)C[C@@H](C)C(=NC(C)=O)[C@H](C)[C@@H](OC/C(=N\OCc3ccc(-c4ccno4)cn3)CO2)[C@]1(C)O. The van der Waals surface area contributed by atoms with Crippen molar-refractivity contribution in [3.8, 4) is 11.3 Å². The van der Waals surface area contributed by atoms with Crippen molar-refractivity contribution in [2.45, 2.75) is 142 Å². The van der Waals surface area contributed by atoms with Crippen molar-refractivity contribution in [1.29, 1.82) is 0 Å². The van der Waals surface area contributed by atoms with Gasteiger partial charge in [-0.3, -0.25) is 19.4 Å². The molecule has 0 saturated carbocycles. The number of aliphatic imine (C=N–C) groups is 1. The number of cyclic esters (lactones) is 1. The third-order valence-corrected chi connectivity index (χ3v) is 12.1. The van der Waals surface area contributed by atoms with E-state index in [1.807, 2.05) is 38.9 Å². The number of aromatic nitrogens is 2. The molecule has 2 aromatic rings. The molecule has 2 N–H and O–H groups in total. The van der Waals surface area contributed by atoms with E-state index in [-0.39, 0.29) is 50.5 Å². The van der Waals surface area contributed by atoms with Crippen LogP contribution in [0.1, 0.15) is 87.3 Å². The highest BCUT2D eigenvalue weighted by Gasteiger charge is 2.53. The molecule has 3 saturated heterocycles. The number of carbonyl (C=O) groups is 3. The number of ketones is 1. The van der Waals surface area contributed by atoms with Gasteiger partial charge in [-0.2, -0.15) is 0 Å². The first-order valence-electron chi connectivity index (χ1n) is 20.8. The molecule has 3 aliphatic rings. The number of aliphatic hydroxyl groups excluding tert-OH is 1. The van der Waals surface area contributed by atoms with Gasteiger partial charge in [-0.25, -0.2) is 4.99 Å². The highest BCUT2D eigenvalue weighted by Crippen LogP contribution is 2.40. The number of hydrogen-bond donors (Lipinski definition) is 2. The zero-order chi connectivity index (χ0) is 44.1. The monoisotopic (exact) mass is 841 g/mol. The minimum atomic E-state index is -1.86. The quantitative estimate of drug-likeness (QED) is 0.217. The summed E-state index contributed by atoms with van der Waals surface area (Å²) in [5.41, 5.74) is -1.30. The predicted octanol–water partition coefficient (Wildman–Crippen LogP) is 4.17. The Hall–Kier alpha value is -3.97. The molecule has 3 fully saturated rings. The number of rotatable bonds is 8. The lowest BCUT2D eigenvalue weighted by Gasteiger charge is -2.47. The number of carbonyl (C=O) groups excluding carboxylic acids is 3. The molecule has 1 amide bonds. The zero-order valence-electron chi connectivity index (χ0n) is 36.7.